The Morgan fingerprint density at radius 2 is 1.92 bits per heavy atom. The number of aromatic nitrogens is 3. The molecule has 4 aromatic rings. The molecule has 0 fully saturated rings. The summed E-state index contributed by atoms with van der Waals surface area (Å²) in [5.74, 6) is 1.32. The van der Waals surface area contributed by atoms with Gasteiger partial charge in [-0.05, 0) is 23.8 Å². The molecule has 0 bridgehead atoms. The Labute approximate surface area is 141 Å². The molecule has 0 N–H and O–H groups in total. The lowest BCUT2D eigenvalue weighted by molar-refractivity contribution is 0.414. The van der Waals surface area contributed by atoms with Crippen LogP contribution in [0.2, 0.25) is 0 Å². The van der Waals surface area contributed by atoms with Crippen LogP contribution in [0.5, 0.6) is 5.75 Å². The van der Waals surface area contributed by atoms with E-state index < -0.39 is 0 Å². The molecular weight excluding hydrogens is 322 g/mol. The Hall–Kier alpha value is -2.99. The van der Waals surface area contributed by atoms with Crippen LogP contribution in [0.25, 0.3) is 22.4 Å². The highest BCUT2D eigenvalue weighted by Crippen LogP contribution is 2.17. The highest BCUT2D eigenvalue weighted by atomic mass is 32.1. The highest BCUT2D eigenvalue weighted by Gasteiger charge is 2.13. The van der Waals surface area contributed by atoms with Gasteiger partial charge in [0.2, 0.25) is 4.96 Å². The smallest absolute Gasteiger partial charge is 0.276 e. The van der Waals surface area contributed by atoms with Crippen LogP contribution in [0.3, 0.4) is 0 Å². The molecule has 2 heterocycles. The second kappa shape index (κ2) is 5.90. The summed E-state index contributed by atoms with van der Waals surface area (Å²) in [4.78, 5) is 13.4. The van der Waals surface area contributed by atoms with Crippen LogP contribution in [0.15, 0.2) is 59.4 Å². The number of benzene rings is 2. The van der Waals surface area contributed by atoms with E-state index in [-0.39, 0.29) is 5.56 Å². The summed E-state index contributed by atoms with van der Waals surface area (Å²) in [7, 11) is 1.62. The molecule has 6 heteroatoms. The Kier molecular flexibility index (Phi) is 3.59. The third kappa shape index (κ3) is 2.47. The molecule has 0 amide bonds. The molecule has 0 aliphatic rings. The lowest BCUT2D eigenvalue weighted by Crippen LogP contribution is -2.23. The largest absolute Gasteiger partial charge is 0.497 e. The number of methoxy groups -OCH3 is 1. The van der Waals surface area contributed by atoms with Gasteiger partial charge in [0.25, 0.3) is 5.56 Å². The van der Waals surface area contributed by atoms with Crippen molar-refractivity contribution >= 4 is 22.4 Å². The highest BCUT2D eigenvalue weighted by molar-refractivity contribution is 7.15. The van der Waals surface area contributed by atoms with Crippen molar-refractivity contribution in [3.8, 4) is 17.1 Å². The predicted octanol–water partition coefficient (Wildman–Crippen LogP) is 2.37. The maximum atomic E-state index is 12.8. The van der Waals surface area contributed by atoms with Crippen molar-refractivity contribution in [1.82, 2.24) is 14.6 Å². The summed E-state index contributed by atoms with van der Waals surface area (Å²) < 4.78 is 7.40. The summed E-state index contributed by atoms with van der Waals surface area (Å²) in [5.41, 5.74) is 1.67. The molecule has 24 heavy (non-hydrogen) atoms. The molecule has 2 aromatic heterocycles. The van der Waals surface area contributed by atoms with E-state index in [0.29, 0.717) is 15.3 Å². The summed E-state index contributed by atoms with van der Waals surface area (Å²) in [6, 6.07) is 17.2. The topological polar surface area (TPSA) is 56.5 Å². The minimum atomic E-state index is -0.110. The van der Waals surface area contributed by atoms with E-state index in [1.54, 1.807) is 11.5 Å². The van der Waals surface area contributed by atoms with Crippen LogP contribution in [-0.4, -0.2) is 21.7 Å². The number of rotatable bonds is 3. The monoisotopic (exact) mass is 335 g/mol. The minimum Gasteiger partial charge on any atom is -0.497 e. The van der Waals surface area contributed by atoms with Crippen molar-refractivity contribution < 1.29 is 4.74 Å². The first-order chi connectivity index (χ1) is 11.8. The number of thiazole rings is 1. The van der Waals surface area contributed by atoms with Crippen LogP contribution < -0.4 is 14.8 Å². The lowest BCUT2D eigenvalue weighted by atomic mass is 10.2. The molecule has 2 aromatic carbocycles. The quantitative estimate of drug-likeness (QED) is 0.577. The van der Waals surface area contributed by atoms with E-state index in [9.17, 15) is 4.79 Å². The molecule has 0 radical (unpaired) electrons. The molecule has 0 saturated carbocycles. The second-order valence-electron chi connectivity index (χ2n) is 5.20. The first-order valence-corrected chi connectivity index (χ1v) is 8.17. The van der Waals surface area contributed by atoms with E-state index >= 15 is 0 Å². The predicted molar refractivity (Wildman–Crippen MR) is 94.3 cm³/mol. The fourth-order valence-corrected chi connectivity index (χ4v) is 3.43. The number of hydrogen-bond donors (Lipinski definition) is 0. The second-order valence-corrected chi connectivity index (χ2v) is 6.21. The first-order valence-electron chi connectivity index (χ1n) is 7.35. The molecular formula is C18H13N3O2S. The van der Waals surface area contributed by atoms with Gasteiger partial charge in [-0.25, -0.2) is 4.40 Å². The molecule has 0 spiro atoms. The molecule has 0 aliphatic heterocycles. The maximum Gasteiger partial charge on any atom is 0.276 e. The number of fused-ring (bicyclic) bond motifs is 1. The average Bonchev–Trinajstić information content (AvgIpc) is 3.17. The van der Waals surface area contributed by atoms with Gasteiger partial charge in [-0.2, -0.15) is 0 Å². The van der Waals surface area contributed by atoms with Crippen molar-refractivity contribution in [2.24, 2.45) is 0 Å². The molecule has 0 aliphatic carbocycles. The summed E-state index contributed by atoms with van der Waals surface area (Å²) in [6.07, 6.45) is 1.85. The van der Waals surface area contributed by atoms with Crippen LogP contribution >= 0.6 is 11.3 Å². The Bertz CT molecular complexity index is 1120. The zero-order valence-corrected chi connectivity index (χ0v) is 13.7. The third-order valence-corrected chi connectivity index (χ3v) is 4.63. The number of ether oxygens (including phenoxy) is 1. The van der Waals surface area contributed by atoms with Crippen molar-refractivity contribution in [1.29, 1.82) is 0 Å². The molecule has 4 rings (SSSR count). The van der Waals surface area contributed by atoms with Gasteiger partial charge in [-0.3, -0.25) is 4.79 Å². The van der Waals surface area contributed by atoms with E-state index in [0.717, 1.165) is 16.9 Å². The molecule has 0 saturated heterocycles. The van der Waals surface area contributed by atoms with Crippen LogP contribution in [0, 0.1) is 0 Å². The number of hydrogen-bond acceptors (Lipinski definition) is 5. The van der Waals surface area contributed by atoms with Gasteiger partial charge >= 0.3 is 0 Å². The van der Waals surface area contributed by atoms with Crippen molar-refractivity contribution in [3.05, 3.63) is 75.0 Å². The van der Waals surface area contributed by atoms with Gasteiger partial charge in [0.1, 0.15) is 5.75 Å². The Morgan fingerprint density at radius 1 is 1.08 bits per heavy atom. The lowest BCUT2D eigenvalue weighted by Gasteiger charge is -1.99. The Balaban J connectivity index is 1.90. The fraction of sp³-hybridized carbons (Fsp3) is 0.0556. The average molecular weight is 335 g/mol. The molecule has 0 atom stereocenters. The fourth-order valence-electron chi connectivity index (χ4n) is 2.52. The van der Waals surface area contributed by atoms with Crippen LogP contribution in [0.1, 0.15) is 5.56 Å². The van der Waals surface area contributed by atoms with Gasteiger partial charge < -0.3 is 4.74 Å². The van der Waals surface area contributed by atoms with Gasteiger partial charge in [0, 0.05) is 5.56 Å². The standard InChI is InChI=1S/C18H13N3O2S/c1-23-14-9-5-6-12(10-14)11-15-17(22)21-16(19-20-18(21)24-15)13-7-3-2-4-8-13/h2-11H,1H3. The van der Waals surface area contributed by atoms with Gasteiger partial charge in [0.15, 0.2) is 5.82 Å². The van der Waals surface area contributed by atoms with Gasteiger partial charge in [-0.15, -0.1) is 10.2 Å². The molecule has 0 unspecified atom stereocenters. The van der Waals surface area contributed by atoms with E-state index in [1.807, 2.05) is 60.7 Å². The van der Waals surface area contributed by atoms with E-state index in [4.69, 9.17) is 4.74 Å². The van der Waals surface area contributed by atoms with E-state index in [1.165, 1.54) is 11.3 Å². The molecule has 118 valence electrons. The first kappa shape index (κ1) is 14.6. The van der Waals surface area contributed by atoms with Crippen molar-refractivity contribution in [2.45, 2.75) is 0 Å². The zero-order valence-electron chi connectivity index (χ0n) is 12.8. The summed E-state index contributed by atoms with van der Waals surface area (Å²) >= 11 is 1.33. The van der Waals surface area contributed by atoms with Crippen molar-refractivity contribution in [3.63, 3.8) is 0 Å². The maximum absolute atomic E-state index is 12.8. The zero-order chi connectivity index (χ0) is 16.5. The van der Waals surface area contributed by atoms with Gasteiger partial charge in [-0.1, -0.05) is 53.8 Å². The Morgan fingerprint density at radius 3 is 2.71 bits per heavy atom. The van der Waals surface area contributed by atoms with Crippen LogP contribution in [-0.2, 0) is 0 Å². The molecule has 5 nitrogen and oxygen atoms in total. The third-order valence-electron chi connectivity index (χ3n) is 3.67. The van der Waals surface area contributed by atoms with Crippen molar-refractivity contribution in [2.75, 3.05) is 7.11 Å². The number of nitrogens with zero attached hydrogens (tertiary/aromatic N) is 3. The van der Waals surface area contributed by atoms with Crippen LogP contribution in [0.4, 0.5) is 0 Å². The summed E-state index contributed by atoms with van der Waals surface area (Å²) in [5, 5.41) is 8.29. The minimum absolute atomic E-state index is 0.110. The summed E-state index contributed by atoms with van der Waals surface area (Å²) in [6.45, 7) is 0. The van der Waals surface area contributed by atoms with E-state index in [2.05, 4.69) is 10.2 Å². The normalized spacial score (nSPS) is 12.0. The SMILES string of the molecule is COc1cccc(C=c2sc3nnc(-c4ccccc4)n3c2=O)c1. The van der Waals surface area contributed by atoms with Gasteiger partial charge in [0.05, 0.1) is 11.6 Å².